The number of rotatable bonds is 48. The van der Waals surface area contributed by atoms with Crippen molar-refractivity contribution in [2.45, 2.75) is 276 Å². The summed E-state index contributed by atoms with van der Waals surface area (Å²) in [5.74, 6) is -7.89. The number of aliphatic imine (C=N–C) groups is 1. The topological polar surface area (TPSA) is 524 Å². The molecule has 12 amide bonds. The van der Waals surface area contributed by atoms with E-state index in [2.05, 4.69) is 84.1 Å². The molecule has 16 N–H and O–H groups in total. The Balaban J connectivity index is 1.44. The molecule has 0 aromatic heterocycles. The summed E-state index contributed by atoms with van der Waals surface area (Å²) in [7, 11) is -4.27. The Morgan fingerprint density at radius 2 is 1.10 bits per heavy atom. The minimum atomic E-state index is -4.27. The average molecular weight is 1740 g/mol. The fraction of sp³-hybridized carbons (Fsp3) is 0.557. The van der Waals surface area contributed by atoms with E-state index in [0.717, 1.165) is 5.56 Å². The van der Waals surface area contributed by atoms with Crippen LogP contribution in [0.3, 0.4) is 0 Å². The molecule has 678 valence electrons. The van der Waals surface area contributed by atoms with Gasteiger partial charge >= 0.3 is 6.09 Å². The number of benzene rings is 4. The molecule has 5 rings (SSSR count). The van der Waals surface area contributed by atoms with Crippen LogP contribution in [-0.4, -0.2) is 183 Å². The molecule has 0 bridgehead atoms. The Bertz CT molecular complexity index is 4500. The Kier molecular flexibility index (Phi) is 40.0. The molecule has 36 heteroatoms. The van der Waals surface area contributed by atoms with E-state index in [0.29, 0.717) is 58.4 Å². The summed E-state index contributed by atoms with van der Waals surface area (Å²) < 4.78 is 47.7. The quantitative estimate of drug-likeness (QED) is 0.00342. The number of alkyl carbamates (subject to hydrolysis) is 1. The van der Waals surface area contributed by atoms with Crippen LogP contribution < -0.4 is 79.4 Å². The van der Waals surface area contributed by atoms with Crippen molar-refractivity contribution in [1.82, 2.24) is 63.2 Å². The Labute approximate surface area is 727 Å². The highest BCUT2D eigenvalue weighted by Crippen LogP contribution is 2.44. The molecule has 1 aliphatic rings. The SMILES string of the molecule is C#CC[C@H](NC(=O)[C@H](CCC(=O)NC(c1ccccc1)(c1ccccc1)c1ccccc1)NC(=O)[C@@H](NC(=O)[C@H](COC(C)(C)C)NC(=O)[C@H](CCCCN=[N+]=[N-])NC(=O)CNC(=O)[C@H](CCCCNC(=O)OC(C)(C)C)NC(C)=O)C(C)CC)C(=O)N[C@@H](CC(C)C)C(=O)N[C@@H](CCCN=C(N)NS(=O)(=O)c1c(C)c(C)c2c(c1C)CC(C)(C)O2)C(N)=O. The van der Waals surface area contributed by atoms with E-state index in [1.165, 1.54) is 6.92 Å². The number of carbonyl (C=O) groups is 12. The average Bonchev–Trinajstić information content (AvgIpc) is 1.47. The number of sulfonamides is 1. The van der Waals surface area contributed by atoms with Crippen LogP contribution in [0.4, 0.5) is 4.79 Å². The van der Waals surface area contributed by atoms with Crippen molar-refractivity contribution in [2.75, 3.05) is 32.8 Å². The van der Waals surface area contributed by atoms with Crippen LogP contribution in [0.5, 0.6) is 5.75 Å². The summed E-state index contributed by atoms with van der Waals surface area (Å²) in [6.45, 7) is 26.2. The van der Waals surface area contributed by atoms with Gasteiger partial charge in [0.2, 0.25) is 70.9 Å². The molecule has 9 atom stereocenters. The van der Waals surface area contributed by atoms with Crippen molar-refractivity contribution >= 4 is 87.1 Å². The Morgan fingerprint density at radius 1 is 0.597 bits per heavy atom. The molecular formula is C88H128N18O17S. The number of nitrogens with two attached hydrogens (primary N) is 2. The van der Waals surface area contributed by atoms with Crippen molar-refractivity contribution in [1.29, 1.82) is 0 Å². The zero-order chi connectivity index (χ0) is 92.5. The number of hydrogen-bond acceptors (Lipinski definition) is 19. The first-order valence-corrected chi connectivity index (χ1v) is 43.4. The molecule has 0 fully saturated rings. The fourth-order valence-electron chi connectivity index (χ4n) is 14.0. The number of primary amides is 1. The lowest BCUT2D eigenvalue weighted by molar-refractivity contribution is -0.138. The lowest BCUT2D eigenvalue weighted by atomic mass is 9.77. The number of unbranched alkanes of at least 4 members (excludes halogenated alkanes) is 2. The van der Waals surface area contributed by atoms with Gasteiger partial charge in [-0.15, -0.1) is 12.3 Å². The van der Waals surface area contributed by atoms with Gasteiger partial charge in [-0.05, 0) is 185 Å². The lowest BCUT2D eigenvalue weighted by Gasteiger charge is -2.37. The van der Waals surface area contributed by atoms with Crippen LogP contribution in [0.2, 0.25) is 0 Å². The van der Waals surface area contributed by atoms with Crippen LogP contribution in [0.1, 0.15) is 212 Å². The summed E-state index contributed by atoms with van der Waals surface area (Å²) in [6, 6.07) is 15.7. The number of ether oxygens (including phenoxy) is 3. The predicted molar refractivity (Wildman–Crippen MR) is 469 cm³/mol. The van der Waals surface area contributed by atoms with Gasteiger partial charge in [-0.2, -0.15) is 0 Å². The van der Waals surface area contributed by atoms with E-state index in [1.54, 1.807) is 90.0 Å². The van der Waals surface area contributed by atoms with Gasteiger partial charge in [0.05, 0.1) is 23.6 Å². The van der Waals surface area contributed by atoms with E-state index in [4.69, 9.17) is 37.6 Å². The monoisotopic (exact) mass is 1740 g/mol. The summed E-state index contributed by atoms with van der Waals surface area (Å²) in [6.07, 6.45) is 5.65. The zero-order valence-electron chi connectivity index (χ0n) is 74.2. The highest BCUT2D eigenvalue weighted by molar-refractivity contribution is 7.90. The summed E-state index contributed by atoms with van der Waals surface area (Å²) in [5, 5.41) is 33.2. The third-order valence-electron chi connectivity index (χ3n) is 20.5. The number of terminal acetylenes is 1. The maximum atomic E-state index is 15.3. The van der Waals surface area contributed by atoms with E-state index >= 15 is 19.2 Å². The van der Waals surface area contributed by atoms with E-state index in [-0.39, 0.29) is 81.8 Å². The van der Waals surface area contributed by atoms with Crippen molar-refractivity contribution in [2.24, 2.45) is 33.4 Å². The second-order valence-corrected chi connectivity index (χ2v) is 35.6. The molecule has 1 unspecified atom stereocenters. The smallest absolute Gasteiger partial charge is 0.407 e. The molecule has 0 spiro atoms. The van der Waals surface area contributed by atoms with Crippen LogP contribution >= 0.6 is 0 Å². The standard InChI is InChI=1S/C88H128N18O17S/c1-18-34-64(77(112)101-68(49-53(3)4)80(115)98-63(75(89)110)43-33-47-92-83(90)105-124(119,120)74-56(7)55(6)73-62(57(74)8)50-87(16,17)122-73)99-79(114)67(44-45-70(108)104-88(59-35-23-20-24-36-59,60-37-25-21-26-38-60)61-39-27-22-28-40-61)100-82(117)72(54(5)19-2)103-81(116)69(52-121-85(10,11)12)102-78(113)66(42-30-32-48-95-106-91)97-71(109)51-94-76(111)65(96-58(9)107)41-29-31-46-93-84(118)123-86(13,14)15/h1,20-28,35-40,53-54,63-69,72H,19,29-34,41-52H2,2-17H3,(H2,89,110)(H,93,118)(H,94,111)(H,96,107)(H,97,109)(H,98,115)(H,99,114)(H,100,117)(H,101,112)(H,102,113)(H,103,116)(H,104,108)(H3,90,92,105)/t54?,63-,64-,65-,66-,67-,68-,69-,72-/m0/s1. The first-order chi connectivity index (χ1) is 58.3. The molecule has 0 radical (unpaired) electrons. The summed E-state index contributed by atoms with van der Waals surface area (Å²) in [4.78, 5) is 176. The van der Waals surface area contributed by atoms with Crippen molar-refractivity contribution in [3.05, 3.63) is 140 Å². The number of nitrogens with zero attached hydrogens (tertiary/aromatic N) is 4. The number of carbonyl (C=O) groups excluding carboxylic acids is 12. The second kappa shape index (κ2) is 48.3. The Morgan fingerprint density at radius 3 is 1.64 bits per heavy atom. The van der Waals surface area contributed by atoms with Gasteiger partial charge in [-0.3, -0.25) is 57.7 Å². The maximum Gasteiger partial charge on any atom is 0.407 e. The normalized spacial score (nSPS) is 14.7. The third kappa shape index (κ3) is 32.8. The minimum absolute atomic E-state index is 0.0279. The highest BCUT2D eigenvalue weighted by Gasteiger charge is 2.42. The molecule has 124 heavy (non-hydrogen) atoms. The maximum absolute atomic E-state index is 15.3. The molecule has 35 nitrogen and oxygen atoms in total. The van der Waals surface area contributed by atoms with Gasteiger partial charge in [-0.25, -0.2) is 17.9 Å². The first-order valence-electron chi connectivity index (χ1n) is 41.9. The number of amides is 12. The number of fused-ring (bicyclic) bond motifs is 1. The number of guanidine groups is 1. The zero-order valence-corrected chi connectivity index (χ0v) is 75.1. The van der Waals surface area contributed by atoms with E-state index in [9.17, 15) is 46.8 Å². The van der Waals surface area contributed by atoms with Crippen molar-refractivity contribution in [3.63, 3.8) is 0 Å². The first kappa shape index (κ1) is 103. The van der Waals surface area contributed by atoms with Gasteiger partial charge < -0.3 is 84.2 Å². The molecule has 0 aliphatic carbocycles. The number of azide groups is 1. The van der Waals surface area contributed by atoms with Gasteiger partial charge in [0.25, 0.3) is 10.0 Å². The van der Waals surface area contributed by atoms with Crippen LogP contribution in [0.25, 0.3) is 10.4 Å². The van der Waals surface area contributed by atoms with Crippen molar-refractivity contribution < 1.29 is 80.2 Å². The predicted octanol–water partition coefficient (Wildman–Crippen LogP) is 6.19. The van der Waals surface area contributed by atoms with Crippen LogP contribution in [0.15, 0.2) is 106 Å². The van der Waals surface area contributed by atoms with E-state index in [1.807, 2.05) is 105 Å². The largest absolute Gasteiger partial charge is 0.487 e. The fourth-order valence-corrected chi connectivity index (χ4v) is 15.5. The Hall–Kier alpha value is -11.8. The van der Waals surface area contributed by atoms with Crippen LogP contribution in [-0.2, 0) is 84.2 Å². The van der Waals surface area contributed by atoms with Gasteiger partial charge in [0.1, 0.15) is 70.8 Å². The van der Waals surface area contributed by atoms with Crippen molar-refractivity contribution in [3.8, 4) is 18.1 Å². The number of nitrogens with one attached hydrogen (secondary N) is 12. The highest BCUT2D eigenvalue weighted by atomic mass is 32.2. The molecule has 0 saturated heterocycles. The third-order valence-corrected chi connectivity index (χ3v) is 22.1. The molecule has 4 aromatic carbocycles. The second-order valence-electron chi connectivity index (χ2n) is 34.0. The molecule has 1 heterocycles. The lowest BCUT2D eigenvalue weighted by Crippen LogP contribution is -2.61. The molecule has 1 aliphatic heterocycles. The van der Waals surface area contributed by atoms with Gasteiger partial charge in [-0.1, -0.05) is 137 Å². The van der Waals surface area contributed by atoms with Gasteiger partial charge in [0.15, 0.2) is 0 Å². The van der Waals surface area contributed by atoms with Gasteiger partial charge in [0, 0.05) is 56.3 Å². The minimum Gasteiger partial charge on any atom is -0.487 e. The summed E-state index contributed by atoms with van der Waals surface area (Å²) >= 11 is 0. The van der Waals surface area contributed by atoms with E-state index < -0.39 is 196 Å². The summed E-state index contributed by atoms with van der Waals surface area (Å²) in [5.41, 5.74) is 21.8. The molecule has 0 saturated carbocycles. The number of hydrogen-bond donors (Lipinski definition) is 14. The molecular weight excluding hydrogens is 1610 g/mol. The molecule has 4 aromatic rings. The van der Waals surface area contributed by atoms with Crippen LogP contribution in [0, 0.1) is 45.0 Å².